The van der Waals surface area contributed by atoms with Crippen molar-refractivity contribution in [3.63, 3.8) is 0 Å². The van der Waals surface area contributed by atoms with Crippen molar-refractivity contribution >= 4 is 22.1 Å². The van der Waals surface area contributed by atoms with E-state index in [9.17, 15) is 0 Å². The minimum Gasteiger partial charge on any atom is -0.437 e. The van der Waals surface area contributed by atoms with Gasteiger partial charge in [-0.2, -0.15) is 0 Å². The van der Waals surface area contributed by atoms with Crippen molar-refractivity contribution in [2.45, 2.75) is 39.9 Å². The normalized spacial score (nSPS) is 16.1. The van der Waals surface area contributed by atoms with Crippen molar-refractivity contribution in [2.24, 2.45) is 5.41 Å². The van der Waals surface area contributed by atoms with Crippen LogP contribution in [0.4, 0.5) is 0 Å². The molecular formula is C28H27N3O. The second-order valence-corrected chi connectivity index (χ2v) is 8.60. The number of pyridine rings is 3. The second-order valence-electron chi connectivity index (χ2n) is 8.60. The molecule has 0 N–H and O–H groups in total. The molecule has 4 heterocycles. The van der Waals surface area contributed by atoms with Gasteiger partial charge in [0.15, 0.2) is 0 Å². The smallest absolute Gasteiger partial charge is 0.227 e. The zero-order valence-electron chi connectivity index (χ0n) is 24.2. The van der Waals surface area contributed by atoms with Gasteiger partial charge in [-0.05, 0) is 72.6 Å². The molecule has 0 bridgehead atoms. The average molecular weight is 428 g/mol. The van der Waals surface area contributed by atoms with Crippen LogP contribution in [0.25, 0.3) is 33.3 Å². The second kappa shape index (κ2) is 8.19. The van der Waals surface area contributed by atoms with E-state index < -0.39 is 24.5 Å². The summed E-state index contributed by atoms with van der Waals surface area (Å²) in [5, 5.41) is 1.40. The molecular weight excluding hydrogens is 394 g/mol. The SMILES string of the molecule is [2H]C([2H])(c1ccnc(-c2cccc3c2oc2nc(C([2H])([2H])C([2H])([2H])c4ccccn4)ccc23)c1)C(C)(C)C. The molecule has 0 aliphatic carbocycles. The lowest BCUT2D eigenvalue weighted by molar-refractivity contribution is 0.411. The number of aryl methyl sites for hydroxylation is 2. The van der Waals surface area contributed by atoms with Gasteiger partial charge in [-0.1, -0.05) is 39.0 Å². The molecule has 0 saturated heterocycles. The highest BCUT2D eigenvalue weighted by atomic mass is 16.3. The highest BCUT2D eigenvalue weighted by Gasteiger charge is 2.16. The fourth-order valence-electron chi connectivity index (χ4n) is 3.60. The number of benzene rings is 1. The van der Waals surface area contributed by atoms with Crippen LogP contribution in [0, 0.1) is 5.41 Å². The molecule has 0 fully saturated rings. The first-order valence-corrected chi connectivity index (χ1v) is 10.5. The third-order valence-corrected chi connectivity index (χ3v) is 4.90. The van der Waals surface area contributed by atoms with E-state index in [1.165, 1.54) is 18.3 Å². The Morgan fingerprint density at radius 3 is 2.53 bits per heavy atom. The monoisotopic (exact) mass is 427 g/mol. The summed E-state index contributed by atoms with van der Waals surface area (Å²) in [4.78, 5) is 12.9. The molecule has 0 spiro atoms. The van der Waals surface area contributed by atoms with Crippen LogP contribution in [-0.2, 0) is 19.1 Å². The van der Waals surface area contributed by atoms with Gasteiger partial charge >= 0.3 is 0 Å². The van der Waals surface area contributed by atoms with E-state index in [1.54, 1.807) is 36.5 Å². The Morgan fingerprint density at radius 2 is 1.72 bits per heavy atom. The molecule has 0 aliphatic rings. The number of nitrogens with zero attached hydrogens (tertiary/aromatic N) is 3. The van der Waals surface area contributed by atoms with Gasteiger partial charge in [0.1, 0.15) is 5.58 Å². The fraction of sp³-hybridized carbons (Fsp3) is 0.250. The molecule has 32 heavy (non-hydrogen) atoms. The van der Waals surface area contributed by atoms with E-state index in [0.29, 0.717) is 27.8 Å². The molecule has 0 amide bonds. The number of fused-ring (bicyclic) bond motifs is 3. The maximum absolute atomic E-state index is 8.66. The lowest BCUT2D eigenvalue weighted by Crippen LogP contribution is -2.09. The molecule has 0 saturated carbocycles. The van der Waals surface area contributed by atoms with Crippen molar-refractivity contribution in [1.82, 2.24) is 15.0 Å². The van der Waals surface area contributed by atoms with Gasteiger partial charge in [-0.15, -0.1) is 0 Å². The molecule has 5 aromatic rings. The largest absolute Gasteiger partial charge is 0.437 e. The third kappa shape index (κ3) is 4.26. The van der Waals surface area contributed by atoms with E-state index in [-0.39, 0.29) is 17.1 Å². The molecule has 0 aliphatic heterocycles. The number of hydrogen-bond donors (Lipinski definition) is 0. The first-order valence-electron chi connectivity index (χ1n) is 13.5. The number of para-hydroxylation sites is 1. The van der Waals surface area contributed by atoms with E-state index >= 15 is 0 Å². The number of furan rings is 1. The fourth-order valence-corrected chi connectivity index (χ4v) is 3.60. The molecule has 0 atom stereocenters. The first kappa shape index (κ1) is 14.5. The maximum Gasteiger partial charge on any atom is 0.227 e. The Kier molecular flexibility index (Phi) is 3.72. The van der Waals surface area contributed by atoms with Gasteiger partial charge in [0.05, 0.1) is 5.69 Å². The molecule has 1 aromatic carbocycles. The summed E-state index contributed by atoms with van der Waals surface area (Å²) in [6, 6.07) is 16.8. The Labute approximate surface area is 196 Å². The van der Waals surface area contributed by atoms with Gasteiger partial charge in [0, 0.05) is 48.3 Å². The zero-order valence-corrected chi connectivity index (χ0v) is 18.2. The topological polar surface area (TPSA) is 51.8 Å². The molecule has 160 valence electrons. The molecule has 0 radical (unpaired) electrons. The van der Waals surface area contributed by atoms with Crippen molar-refractivity contribution < 1.29 is 12.6 Å². The molecule has 5 rings (SSSR count). The van der Waals surface area contributed by atoms with Crippen molar-refractivity contribution in [1.29, 1.82) is 0 Å². The van der Waals surface area contributed by atoms with Crippen LogP contribution in [0.1, 0.15) is 45.9 Å². The maximum atomic E-state index is 8.66. The van der Waals surface area contributed by atoms with E-state index in [2.05, 4.69) is 15.0 Å². The molecule has 4 heteroatoms. The lowest BCUT2D eigenvalue weighted by Gasteiger charge is -2.18. The predicted octanol–water partition coefficient (Wildman–Crippen LogP) is 6.81. The standard InChI is InChI=1S/C28H27N3O/c1-28(2,3)18-19-14-16-30-25(17-19)24-9-6-8-22-23-13-12-21(31-27(23)32-26(22)24)11-10-20-7-4-5-15-29-20/h4-9,12-17H,10-11,18H2,1-3H3/i10D2,11D2,18D2. The number of hydrogen-bond acceptors (Lipinski definition) is 4. The number of aromatic nitrogens is 3. The van der Waals surface area contributed by atoms with E-state index in [0.717, 1.165) is 5.39 Å². The van der Waals surface area contributed by atoms with Crippen LogP contribution >= 0.6 is 0 Å². The van der Waals surface area contributed by atoms with Crippen molar-refractivity contribution in [3.05, 3.63) is 90.0 Å². The minimum absolute atomic E-state index is 0.0279. The Balaban J connectivity index is 1.63. The van der Waals surface area contributed by atoms with Gasteiger partial charge in [-0.3, -0.25) is 9.97 Å². The van der Waals surface area contributed by atoms with E-state index in [4.69, 9.17) is 12.6 Å². The summed E-state index contributed by atoms with van der Waals surface area (Å²) in [5.74, 6) is 0. The summed E-state index contributed by atoms with van der Waals surface area (Å²) in [6.45, 7) is 5.56. The van der Waals surface area contributed by atoms with Crippen LogP contribution in [0.5, 0.6) is 0 Å². The zero-order chi connectivity index (χ0) is 27.5. The van der Waals surface area contributed by atoms with Crippen LogP contribution in [-0.4, -0.2) is 15.0 Å². The summed E-state index contributed by atoms with van der Waals surface area (Å²) in [7, 11) is 0. The highest BCUT2D eigenvalue weighted by molar-refractivity contribution is 6.08. The molecule has 4 aromatic heterocycles. The summed E-state index contributed by atoms with van der Waals surface area (Å²) < 4.78 is 57.7. The average Bonchev–Trinajstić information content (AvgIpc) is 3.26. The van der Waals surface area contributed by atoms with Crippen molar-refractivity contribution in [3.8, 4) is 11.3 Å². The van der Waals surface area contributed by atoms with Crippen LogP contribution < -0.4 is 0 Å². The highest BCUT2D eigenvalue weighted by Crippen LogP contribution is 2.35. The van der Waals surface area contributed by atoms with Gasteiger partial charge in [-0.25, -0.2) is 4.98 Å². The van der Waals surface area contributed by atoms with Crippen molar-refractivity contribution in [2.75, 3.05) is 0 Å². The van der Waals surface area contributed by atoms with Crippen LogP contribution in [0.3, 0.4) is 0 Å². The van der Waals surface area contributed by atoms with E-state index in [1.807, 2.05) is 39.0 Å². The third-order valence-electron chi connectivity index (χ3n) is 4.90. The Bertz CT molecular complexity index is 1640. The van der Waals surface area contributed by atoms with Gasteiger partial charge < -0.3 is 4.42 Å². The summed E-state index contributed by atoms with van der Waals surface area (Å²) in [6.07, 6.45) is -3.52. The Morgan fingerprint density at radius 1 is 0.844 bits per heavy atom. The Hall–Kier alpha value is -3.53. The number of rotatable bonds is 5. The molecule has 0 unspecified atom stereocenters. The summed E-state index contributed by atoms with van der Waals surface area (Å²) >= 11 is 0. The van der Waals surface area contributed by atoms with Crippen LogP contribution in [0.15, 0.2) is 77.5 Å². The van der Waals surface area contributed by atoms with Gasteiger partial charge in [0.2, 0.25) is 5.71 Å². The minimum atomic E-state index is -2.49. The molecule has 4 nitrogen and oxygen atoms in total. The first-order chi connectivity index (χ1) is 17.7. The lowest BCUT2D eigenvalue weighted by atomic mass is 9.88. The quantitative estimate of drug-likeness (QED) is 0.309. The van der Waals surface area contributed by atoms with Crippen LogP contribution in [0.2, 0.25) is 0 Å². The summed E-state index contributed by atoms with van der Waals surface area (Å²) in [5.41, 5.74) is 1.60. The van der Waals surface area contributed by atoms with Gasteiger partial charge in [0.25, 0.3) is 0 Å². The predicted molar refractivity (Wildman–Crippen MR) is 130 cm³/mol.